The third kappa shape index (κ3) is 4.77. The second-order valence-corrected chi connectivity index (χ2v) is 9.61. The summed E-state index contributed by atoms with van der Waals surface area (Å²) in [6.07, 6.45) is 3.39. The van der Waals surface area contributed by atoms with E-state index in [1.54, 1.807) is 7.05 Å². The SMILES string of the molecule is CCC(CNC(=O)OCC1c2ccccc2-c2ccccc21)C(=O)N(C)C1(C(=O)O)CCCCC1. The number of nitrogens with zero attached hydrogens (tertiary/aromatic N) is 1. The van der Waals surface area contributed by atoms with Crippen LogP contribution in [0.4, 0.5) is 4.79 Å². The zero-order valence-electron chi connectivity index (χ0n) is 20.5. The van der Waals surface area contributed by atoms with Gasteiger partial charge in [-0.3, -0.25) is 4.79 Å². The Hall–Kier alpha value is -3.35. The third-order valence-corrected chi connectivity index (χ3v) is 7.73. The van der Waals surface area contributed by atoms with Crippen molar-refractivity contribution in [2.75, 3.05) is 20.2 Å². The number of carboxylic acid groups (broad SMARTS) is 1. The van der Waals surface area contributed by atoms with Crippen LogP contribution < -0.4 is 5.32 Å². The highest BCUT2D eigenvalue weighted by atomic mass is 16.5. The number of hydrogen-bond donors (Lipinski definition) is 2. The number of benzene rings is 2. The first-order valence-electron chi connectivity index (χ1n) is 12.5. The zero-order chi connectivity index (χ0) is 25.0. The third-order valence-electron chi connectivity index (χ3n) is 7.73. The molecule has 2 aliphatic carbocycles. The molecule has 4 rings (SSSR count). The van der Waals surface area contributed by atoms with Gasteiger partial charge in [-0.25, -0.2) is 9.59 Å². The van der Waals surface area contributed by atoms with Gasteiger partial charge in [-0.15, -0.1) is 0 Å². The molecule has 2 amide bonds. The van der Waals surface area contributed by atoms with Crippen molar-refractivity contribution in [2.45, 2.75) is 56.9 Å². The lowest BCUT2D eigenvalue weighted by molar-refractivity contribution is -0.162. The van der Waals surface area contributed by atoms with Crippen LogP contribution in [0, 0.1) is 5.92 Å². The van der Waals surface area contributed by atoms with E-state index in [0.29, 0.717) is 19.3 Å². The van der Waals surface area contributed by atoms with E-state index in [1.807, 2.05) is 31.2 Å². The molecule has 0 aromatic heterocycles. The van der Waals surface area contributed by atoms with Crippen LogP contribution in [-0.2, 0) is 14.3 Å². The Morgan fingerprint density at radius 3 is 2.14 bits per heavy atom. The predicted molar refractivity (Wildman–Crippen MR) is 133 cm³/mol. The number of rotatable bonds is 8. The van der Waals surface area contributed by atoms with Crippen LogP contribution in [0.2, 0.25) is 0 Å². The van der Waals surface area contributed by atoms with Crippen LogP contribution in [0.25, 0.3) is 11.1 Å². The summed E-state index contributed by atoms with van der Waals surface area (Å²) in [6, 6.07) is 16.3. The zero-order valence-corrected chi connectivity index (χ0v) is 20.5. The Morgan fingerprint density at radius 2 is 1.60 bits per heavy atom. The molecule has 2 aromatic carbocycles. The summed E-state index contributed by atoms with van der Waals surface area (Å²) in [6.45, 7) is 2.17. The lowest BCUT2D eigenvalue weighted by atomic mass is 9.80. The van der Waals surface area contributed by atoms with Gasteiger partial charge in [-0.1, -0.05) is 74.7 Å². The standard InChI is InChI=1S/C28H34N2O5/c1-3-19(25(31)30(2)28(26(32)33)15-9-4-10-16-28)17-29-27(34)35-18-24-22-13-7-5-11-20(22)21-12-6-8-14-23(21)24/h5-8,11-14,19,24H,3-4,9-10,15-18H2,1-2H3,(H,29,34)(H,32,33). The molecule has 7 nitrogen and oxygen atoms in total. The summed E-state index contributed by atoms with van der Waals surface area (Å²) in [4.78, 5) is 39.3. The molecule has 35 heavy (non-hydrogen) atoms. The number of fused-ring (bicyclic) bond motifs is 3. The molecular weight excluding hydrogens is 444 g/mol. The summed E-state index contributed by atoms with van der Waals surface area (Å²) in [5.41, 5.74) is 3.43. The van der Waals surface area contributed by atoms with E-state index in [-0.39, 0.29) is 25.0 Å². The van der Waals surface area contributed by atoms with Crippen molar-refractivity contribution in [3.63, 3.8) is 0 Å². The minimum absolute atomic E-state index is 0.0374. The maximum atomic E-state index is 13.2. The van der Waals surface area contributed by atoms with Gasteiger partial charge in [0.05, 0.1) is 5.92 Å². The van der Waals surface area contributed by atoms with Gasteiger partial charge < -0.3 is 20.1 Å². The Labute approximate surface area is 206 Å². The molecule has 0 saturated heterocycles. The smallest absolute Gasteiger partial charge is 0.407 e. The first kappa shape index (κ1) is 24.8. The van der Waals surface area contributed by atoms with E-state index in [0.717, 1.165) is 41.5 Å². The fraction of sp³-hybridized carbons (Fsp3) is 0.464. The number of aliphatic carboxylic acids is 1. The number of carbonyl (C=O) groups is 3. The highest BCUT2D eigenvalue weighted by molar-refractivity contribution is 5.88. The van der Waals surface area contributed by atoms with Crippen molar-refractivity contribution >= 4 is 18.0 Å². The number of amides is 2. The number of hydrogen-bond acceptors (Lipinski definition) is 4. The fourth-order valence-corrected chi connectivity index (χ4v) is 5.58. The van der Waals surface area contributed by atoms with Crippen LogP contribution in [0.15, 0.2) is 48.5 Å². The van der Waals surface area contributed by atoms with Crippen molar-refractivity contribution in [2.24, 2.45) is 5.92 Å². The summed E-state index contributed by atoms with van der Waals surface area (Å²) >= 11 is 0. The van der Waals surface area contributed by atoms with E-state index in [9.17, 15) is 19.5 Å². The van der Waals surface area contributed by atoms with Crippen molar-refractivity contribution in [1.82, 2.24) is 10.2 Å². The minimum Gasteiger partial charge on any atom is -0.479 e. The second-order valence-electron chi connectivity index (χ2n) is 9.61. The fourth-order valence-electron chi connectivity index (χ4n) is 5.58. The summed E-state index contributed by atoms with van der Waals surface area (Å²) in [5, 5.41) is 12.6. The molecule has 2 N–H and O–H groups in total. The summed E-state index contributed by atoms with van der Waals surface area (Å²) in [7, 11) is 1.58. The predicted octanol–water partition coefficient (Wildman–Crippen LogP) is 4.80. The molecule has 1 unspecified atom stereocenters. The Morgan fingerprint density at radius 1 is 1.03 bits per heavy atom. The normalized spacial score (nSPS) is 17.1. The van der Waals surface area contributed by atoms with E-state index in [1.165, 1.54) is 4.90 Å². The monoisotopic (exact) mass is 478 g/mol. The topological polar surface area (TPSA) is 95.9 Å². The molecule has 0 spiro atoms. The van der Waals surface area contributed by atoms with Gasteiger partial charge in [-0.05, 0) is 41.5 Å². The van der Waals surface area contributed by atoms with E-state index in [2.05, 4.69) is 29.6 Å². The Bertz CT molecular complexity index is 1050. The van der Waals surface area contributed by atoms with E-state index in [4.69, 9.17) is 4.74 Å². The number of likely N-dealkylation sites (N-methyl/N-ethyl adjacent to an activating group) is 1. The second kappa shape index (κ2) is 10.5. The van der Waals surface area contributed by atoms with Crippen molar-refractivity contribution in [1.29, 1.82) is 0 Å². The van der Waals surface area contributed by atoms with Crippen LogP contribution in [0.5, 0.6) is 0 Å². The van der Waals surface area contributed by atoms with Gasteiger partial charge in [-0.2, -0.15) is 0 Å². The first-order valence-corrected chi connectivity index (χ1v) is 12.5. The van der Waals surface area contributed by atoms with Crippen molar-refractivity contribution in [3.05, 3.63) is 59.7 Å². The number of nitrogens with one attached hydrogen (secondary N) is 1. The molecule has 7 heteroatoms. The molecule has 0 aliphatic heterocycles. The molecule has 2 aliphatic rings. The average molecular weight is 479 g/mol. The maximum Gasteiger partial charge on any atom is 0.407 e. The van der Waals surface area contributed by atoms with Crippen LogP contribution in [0.1, 0.15) is 62.5 Å². The number of carboxylic acids is 1. The number of ether oxygens (including phenoxy) is 1. The summed E-state index contributed by atoms with van der Waals surface area (Å²) < 4.78 is 5.58. The average Bonchev–Trinajstić information content (AvgIpc) is 3.21. The van der Waals surface area contributed by atoms with E-state index < -0.39 is 23.5 Å². The number of carbonyl (C=O) groups excluding carboxylic acids is 2. The minimum atomic E-state index is -1.16. The highest BCUT2D eigenvalue weighted by Gasteiger charge is 2.46. The maximum absolute atomic E-state index is 13.2. The summed E-state index contributed by atoms with van der Waals surface area (Å²) in [5.74, 6) is -1.76. The molecule has 2 aromatic rings. The molecular formula is C28H34N2O5. The van der Waals surface area contributed by atoms with Gasteiger partial charge in [0.1, 0.15) is 12.1 Å². The molecule has 1 fully saturated rings. The van der Waals surface area contributed by atoms with E-state index >= 15 is 0 Å². The quantitative estimate of drug-likeness (QED) is 0.568. The van der Waals surface area contributed by atoms with Gasteiger partial charge in [0.2, 0.25) is 5.91 Å². The van der Waals surface area contributed by atoms with Crippen molar-refractivity contribution in [3.8, 4) is 11.1 Å². The molecule has 0 bridgehead atoms. The molecule has 1 saturated carbocycles. The van der Waals surface area contributed by atoms with Crippen molar-refractivity contribution < 1.29 is 24.2 Å². The van der Waals surface area contributed by atoms with Crippen LogP contribution in [0.3, 0.4) is 0 Å². The highest BCUT2D eigenvalue weighted by Crippen LogP contribution is 2.44. The number of alkyl carbamates (subject to hydrolysis) is 1. The van der Waals surface area contributed by atoms with Gasteiger partial charge >= 0.3 is 12.1 Å². The van der Waals surface area contributed by atoms with Gasteiger partial charge in [0.25, 0.3) is 0 Å². The van der Waals surface area contributed by atoms with Crippen LogP contribution in [-0.4, -0.2) is 53.7 Å². The molecule has 0 radical (unpaired) electrons. The molecule has 1 atom stereocenters. The Balaban J connectivity index is 1.36. The largest absolute Gasteiger partial charge is 0.479 e. The first-order chi connectivity index (χ1) is 16.9. The molecule has 186 valence electrons. The van der Waals surface area contributed by atoms with Gasteiger partial charge in [0.15, 0.2) is 0 Å². The molecule has 0 heterocycles. The van der Waals surface area contributed by atoms with Gasteiger partial charge in [0, 0.05) is 19.5 Å². The lowest BCUT2D eigenvalue weighted by Crippen LogP contribution is -2.58. The lowest BCUT2D eigenvalue weighted by Gasteiger charge is -2.42. The Kier molecular flexibility index (Phi) is 7.43. The van der Waals surface area contributed by atoms with Crippen LogP contribution >= 0.6 is 0 Å².